The first-order valence-corrected chi connectivity index (χ1v) is 23.7. The highest BCUT2D eigenvalue weighted by Crippen LogP contribution is 2.43. The molecule has 0 radical (unpaired) electrons. The monoisotopic (exact) mass is 818 g/mol. The molecule has 7 rings (SSSR count). The second kappa shape index (κ2) is 16.2. The van der Waals surface area contributed by atoms with Crippen LogP contribution in [0, 0.1) is 5.82 Å². The molecule has 5 nitrogen and oxygen atoms in total. The number of benzene rings is 6. The molecule has 0 amide bonds. The molecule has 286 valence electrons. The molecule has 0 atom stereocenters. The van der Waals surface area contributed by atoms with Gasteiger partial charge in [0.15, 0.2) is 0 Å². The molecule has 0 aliphatic heterocycles. The molecule has 0 aliphatic rings. The number of hydrogen-bond acceptors (Lipinski definition) is 3. The van der Waals surface area contributed by atoms with Crippen LogP contribution in [0.1, 0.15) is 41.5 Å². The Kier molecular flexibility index (Phi) is 11.8. The van der Waals surface area contributed by atoms with Gasteiger partial charge in [-0.1, -0.05) is 181 Å². The van der Waals surface area contributed by atoms with Crippen molar-refractivity contribution in [3.05, 3.63) is 183 Å². The van der Waals surface area contributed by atoms with E-state index in [1.807, 2.05) is 48.5 Å². The molecule has 2 N–H and O–H groups in total. The fourth-order valence-corrected chi connectivity index (χ4v) is 16.2. The summed E-state index contributed by atoms with van der Waals surface area (Å²) in [6, 6.07) is 48.6. The van der Waals surface area contributed by atoms with Crippen LogP contribution in [0.25, 0.3) is 21.9 Å². The van der Waals surface area contributed by atoms with Crippen LogP contribution in [0.2, 0.25) is 15.1 Å². The van der Waals surface area contributed by atoms with E-state index in [2.05, 4.69) is 125 Å². The molecular formula is C46H45Cl2FN2O3Si2. The Bertz CT molecular complexity index is 2480. The Morgan fingerprint density at radius 2 is 0.964 bits per heavy atom. The molecule has 0 bridgehead atoms. The van der Waals surface area contributed by atoms with E-state index in [-0.39, 0.29) is 37.0 Å². The van der Waals surface area contributed by atoms with Crippen LogP contribution in [-0.2, 0) is 0 Å². The Hall–Kier alpha value is -5.00. The molecule has 56 heavy (non-hydrogen) atoms. The summed E-state index contributed by atoms with van der Waals surface area (Å²) < 4.78 is 22.8. The lowest BCUT2D eigenvalue weighted by Crippen LogP contribution is -2.68. The summed E-state index contributed by atoms with van der Waals surface area (Å²) in [7, 11) is -5.33. The molecule has 0 spiro atoms. The van der Waals surface area contributed by atoms with Crippen molar-refractivity contribution < 1.29 is 8.82 Å². The van der Waals surface area contributed by atoms with Gasteiger partial charge in [0.1, 0.15) is 11.6 Å². The molecule has 7 aromatic rings. The van der Waals surface area contributed by atoms with Crippen molar-refractivity contribution in [3.63, 3.8) is 0 Å². The van der Waals surface area contributed by atoms with Crippen LogP contribution in [0.15, 0.2) is 161 Å². The van der Waals surface area contributed by atoms with E-state index in [0.29, 0.717) is 5.75 Å². The number of H-pyrrole nitrogens is 2. The number of hydrogen-bond donors (Lipinski definition) is 2. The van der Waals surface area contributed by atoms with Gasteiger partial charge in [0.25, 0.3) is 11.1 Å². The van der Waals surface area contributed by atoms with Crippen molar-refractivity contribution in [2.75, 3.05) is 0 Å². The smallest absolute Gasteiger partial charge is 0.319 e. The zero-order valence-electron chi connectivity index (χ0n) is 32.3. The average Bonchev–Trinajstić information content (AvgIpc) is 3.19. The van der Waals surface area contributed by atoms with E-state index in [1.54, 1.807) is 12.1 Å². The number of fused-ring (bicyclic) bond motifs is 1. The second-order valence-electron chi connectivity index (χ2n) is 15.8. The van der Waals surface area contributed by atoms with Crippen molar-refractivity contribution in [1.29, 1.82) is 0 Å². The highest BCUT2D eigenvalue weighted by Gasteiger charge is 2.52. The lowest BCUT2D eigenvalue weighted by molar-refractivity contribution is 0.504. The van der Waals surface area contributed by atoms with Crippen LogP contribution in [0.5, 0.6) is 5.75 Å². The zero-order valence-corrected chi connectivity index (χ0v) is 35.8. The normalized spacial score (nSPS) is 12.2. The van der Waals surface area contributed by atoms with Gasteiger partial charge in [-0.05, 0) is 55.1 Å². The van der Waals surface area contributed by atoms with Crippen LogP contribution >= 0.6 is 22.7 Å². The molecule has 0 saturated heterocycles. The van der Waals surface area contributed by atoms with Gasteiger partial charge in [0, 0.05) is 10.6 Å². The first kappa shape index (κ1) is 40.7. The number of rotatable bonds is 7. The average molecular weight is 820 g/mol. The van der Waals surface area contributed by atoms with Crippen molar-refractivity contribution in [3.8, 4) is 16.9 Å². The third kappa shape index (κ3) is 7.71. The first-order chi connectivity index (χ1) is 26.6. The van der Waals surface area contributed by atoms with Gasteiger partial charge in [0.2, 0.25) is 7.38 Å². The summed E-state index contributed by atoms with van der Waals surface area (Å²) in [5, 5.41) is 9.29. The third-order valence-corrected chi connectivity index (χ3v) is 22.8. The van der Waals surface area contributed by atoms with E-state index >= 15 is 4.39 Å². The molecular weight excluding hydrogens is 775 g/mol. The van der Waals surface area contributed by atoms with Gasteiger partial charge >= 0.3 is 8.32 Å². The minimum absolute atomic E-state index is 0.0667. The van der Waals surface area contributed by atoms with E-state index in [4.69, 9.17) is 27.1 Å². The highest BCUT2D eigenvalue weighted by molar-refractivity contribution is 7.35. The third-order valence-electron chi connectivity index (χ3n) is 10.2. The summed E-state index contributed by atoms with van der Waals surface area (Å²) in [6.45, 7) is 13.1. The van der Waals surface area contributed by atoms with Crippen molar-refractivity contribution in [2.45, 2.75) is 51.6 Å². The van der Waals surface area contributed by atoms with Crippen molar-refractivity contribution in [2.24, 2.45) is 0 Å². The van der Waals surface area contributed by atoms with Crippen LogP contribution < -0.4 is 36.3 Å². The number of aromatic amines is 2. The minimum atomic E-state index is -3.10. The first-order valence-electron chi connectivity index (χ1n) is 18.4. The standard InChI is InChI=1S/C30H26ClFN2O3Si.C16H19ClSi/c1-30(2,3)38(19-11-6-4-7-12-19,20-13-8-5-9-14-20)37-26-16-10-15-25(32)27(26)23-17-21-22(18-24(23)31)29(36)34-33-28(21)35;1-16(2,3)18(17,14-10-6-4-7-11-14)15-12-8-5-9-13-15/h4-18H,1-3H3,(H,33,35)(H,34,36);4-13H,1-3H3. The summed E-state index contributed by atoms with van der Waals surface area (Å²) in [5.41, 5.74) is -0.609. The molecule has 10 heteroatoms. The number of aromatic nitrogens is 2. The maximum Gasteiger partial charge on any atom is 0.319 e. The quantitative estimate of drug-likeness (QED) is 0.124. The summed E-state index contributed by atoms with van der Waals surface area (Å²) in [4.78, 5) is 24.8. The number of halogens is 3. The summed E-state index contributed by atoms with van der Waals surface area (Å²) >= 11 is 13.8. The largest absolute Gasteiger partial charge is 0.533 e. The van der Waals surface area contributed by atoms with Crippen LogP contribution in [-0.4, -0.2) is 25.9 Å². The molecule has 1 aromatic heterocycles. The minimum Gasteiger partial charge on any atom is -0.533 e. The zero-order chi connectivity index (χ0) is 40.3. The fraction of sp³-hybridized carbons (Fsp3) is 0.174. The molecule has 0 fully saturated rings. The Morgan fingerprint density at radius 3 is 1.38 bits per heavy atom. The van der Waals surface area contributed by atoms with Crippen LogP contribution in [0.3, 0.4) is 0 Å². The SMILES string of the molecule is CC(C)(C)[Si](Cl)(c1ccccc1)c1ccccc1.CC(C)(C)[Si](Oc1cccc(F)c1-c1cc2c(=O)[nH][nH]c(=O)c2cc1Cl)(c1ccccc1)c1ccccc1. The molecule has 0 saturated carbocycles. The van der Waals surface area contributed by atoms with Gasteiger partial charge in [0.05, 0.1) is 16.3 Å². The van der Waals surface area contributed by atoms with Crippen LogP contribution in [0.4, 0.5) is 4.39 Å². The highest BCUT2D eigenvalue weighted by atomic mass is 35.6. The Balaban J connectivity index is 0.000000247. The topological polar surface area (TPSA) is 75.0 Å². The van der Waals surface area contributed by atoms with E-state index in [0.717, 1.165) is 10.4 Å². The van der Waals surface area contributed by atoms with E-state index < -0.39 is 32.6 Å². The predicted molar refractivity (Wildman–Crippen MR) is 237 cm³/mol. The fourth-order valence-electron chi connectivity index (χ4n) is 7.42. The molecule has 6 aromatic carbocycles. The second-order valence-corrected chi connectivity index (χ2v) is 26.1. The Labute approximate surface area is 339 Å². The molecule has 0 aliphatic carbocycles. The van der Waals surface area contributed by atoms with Gasteiger partial charge in [-0.15, -0.1) is 0 Å². The van der Waals surface area contributed by atoms with Crippen molar-refractivity contribution >= 4 is 69.9 Å². The van der Waals surface area contributed by atoms with Gasteiger partial charge in [-0.2, -0.15) is 11.1 Å². The molecule has 0 unspecified atom stereocenters. The van der Waals surface area contributed by atoms with Gasteiger partial charge in [-0.25, -0.2) is 4.39 Å². The predicted octanol–water partition coefficient (Wildman–Crippen LogP) is 9.40. The summed E-state index contributed by atoms with van der Waals surface area (Å²) in [6.07, 6.45) is 0. The lowest BCUT2D eigenvalue weighted by Gasteiger charge is -2.43. The van der Waals surface area contributed by atoms with Crippen molar-refractivity contribution in [1.82, 2.24) is 10.2 Å². The maximum absolute atomic E-state index is 15.7. The van der Waals surface area contributed by atoms with Gasteiger partial charge in [-0.3, -0.25) is 19.8 Å². The van der Waals surface area contributed by atoms with E-state index in [9.17, 15) is 9.59 Å². The van der Waals surface area contributed by atoms with Gasteiger partial charge < -0.3 is 4.43 Å². The lowest BCUT2D eigenvalue weighted by atomic mass is 10.0. The number of nitrogens with one attached hydrogen (secondary N) is 2. The molecule has 1 heterocycles. The Morgan fingerprint density at radius 1 is 0.554 bits per heavy atom. The maximum atomic E-state index is 15.7. The summed E-state index contributed by atoms with van der Waals surface area (Å²) in [5.74, 6) is -0.246. The van der Waals surface area contributed by atoms with E-state index in [1.165, 1.54) is 28.6 Å².